The Morgan fingerprint density at radius 3 is 3.07 bits per heavy atom. The second kappa shape index (κ2) is 5.86. The van der Waals surface area contributed by atoms with Crippen molar-refractivity contribution < 1.29 is 14.6 Å². The van der Waals surface area contributed by atoms with Gasteiger partial charge < -0.3 is 14.7 Å². The Morgan fingerprint density at radius 1 is 1.64 bits per heavy atom. The molecule has 0 spiro atoms. The molecule has 1 heterocycles. The first-order chi connectivity index (χ1) is 6.79. The predicted octanol–water partition coefficient (Wildman–Crippen LogP) is 1.38. The Labute approximate surface area is 84.8 Å². The number of ether oxygens (including phenoxy) is 1. The van der Waals surface area contributed by atoms with E-state index < -0.39 is 0 Å². The Balaban J connectivity index is 2.28. The number of carbonyl (C=O) groups excluding carboxylic acids is 1. The third-order valence-corrected chi connectivity index (χ3v) is 2.55. The van der Waals surface area contributed by atoms with Crippen LogP contribution in [0.25, 0.3) is 0 Å². The van der Waals surface area contributed by atoms with E-state index in [0.717, 1.165) is 32.2 Å². The molecule has 0 aromatic rings. The summed E-state index contributed by atoms with van der Waals surface area (Å²) in [4.78, 5) is 13.1. The molecule has 0 radical (unpaired) electrons. The van der Waals surface area contributed by atoms with Gasteiger partial charge in [0.05, 0.1) is 19.3 Å². The van der Waals surface area contributed by atoms with Crippen molar-refractivity contribution in [2.75, 3.05) is 19.8 Å². The maximum atomic E-state index is 11.5. The fraction of sp³-hybridized carbons (Fsp3) is 0.900. The summed E-state index contributed by atoms with van der Waals surface area (Å²) >= 11 is 0. The second-order valence-corrected chi connectivity index (χ2v) is 3.64. The summed E-state index contributed by atoms with van der Waals surface area (Å²) in [6, 6.07) is -0.0240. The summed E-state index contributed by atoms with van der Waals surface area (Å²) in [6.07, 6.45) is 3.52. The molecule has 0 saturated carbocycles. The zero-order valence-electron chi connectivity index (χ0n) is 8.74. The minimum atomic E-state index is -0.269. The van der Waals surface area contributed by atoms with Gasteiger partial charge in [-0.25, -0.2) is 4.79 Å². The molecule has 1 N–H and O–H groups in total. The normalized spacial score (nSPS) is 21.3. The molecular weight excluding hydrogens is 182 g/mol. The van der Waals surface area contributed by atoms with Crippen molar-refractivity contribution in [3.8, 4) is 0 Å². The molecule has 1 amide bonds. The molecule has 1 aliphatic rings. The van der Waals surface area contributed by atoms with Gasteiger partial charge in [0.15, 0.2) is 0 Å². The number of amides is 1. The minimum Gasteiger partial charge on any atom is -0.449 e. The standard InChI is InChI=1S/C10H19NO3/c1-2-3-7-14-10(13)11-6-4-5-9(11)8-12/h9,12H,2-8H2,1H3/t9-/m1/s1. The average molecular weight is 201 g/mol. The van der Waals surface area contributed by atoms with Crippen LogP contribution < -0.4 is 0 Å². The van der Waals surface area contributed by atoms with Crippen LogP contribution in [0.5, 0.6) is 0 Å². The van der Waals surface area contributed by atoms with Gasteiger partial charge in [-0.05, 0) is 19.3 Å². The van der Waals surface area contributed by atoms with Crippen molar-refractivity contribution in [1.82, 2.24) is 4.90 Å². The zero-order valence-corrected chi connectivity index (χ0v) is 8.74. The van der Waals surface area contributed by atoms with E-state index in [2.05, 4.69) is 6.92 Å². The maximum absolute atomic E-state index is 11.5. The second-order valence-electron chi connectivity index (χ2n) is 3.64. The number of likely N-dealkylation sites (tertiary alicyclic amines) is 1. The van der Waals surface area contributed by atoms with Gasteiger partial charge in [0.1, 0.15) is 0 Å². The number of hydrogen-bond donors (Lipinski definition) is 1. The molecule has 0 aromatic heterocycles. The van der Waals surface area contributed by atoms with Crippen LogP contribution in [-0.4, -0.2) is 41.9 Å². The number of unbranched alkanes of at least 4 members (excludes halogenated alkanes) is 1. The molecule has 0 aliphatic carbocycles. The highest BCUT2D eigenvalue weighted by molar-refractivity contribution is 5.68. The monoisotopic (exact) mass is 201 g/mol. The summed E-state index contributed by atoms with van der Waals surface area (Å²) < 4.78 is 5.07. The van der Waals surface area contributed by atoms with Crippen molar-refractivity contribution in [3.05, 3.63) is 0 Å². The van der Waals surface area contributed by atoms with E-state index >= 15 is 0 Å². The average Bonchev–Trinajstić information content (AvgIpc) is 2.65. The molecule has 0 unspecified atom stereocenters. The van der Waals surface area contributed by atoms with E-state index in [4.69, 9.17) is 9.84 Å². The Bertz CT molecular complexity index is 184. The van der Waals surface area contributed by atoms with E-state index in [1.165, 1.54) is 0 Å². The highest BCUT2D eigenvalue weighted by atomic mass is 16.6. The van der Waals surface area contributed by atoms with Gasteiger partial charge in [-0.3, -0.25) is 0 Å². The first-order valence-corrected chi connectivity index (χ1v) is 5.33. The quantitative estimate of drug-likeness (QED) is 0.699. The molecule has 0 bridgehead atoms. The topological polar surface area (TPSA) is 49.8 Å². The zero-order chi connectivity index (χ0) is 10.4. The summed E-state index contributed by atoms with van der Waals surface area (Å²) in [5.74, 6) is 0. The number of nitrogens with zero attached hydrogens (tertiary/aromatic N) is 1. The van der Waals surface area contributed by atoms with Crippen LogP contribution in [0.3, 0.4) is 0 Å². The highest BCUT2D eigenvalue weighted by Crippen LogP contribution is 2.17. The molecule has 1 aliphatic heterocycles. The van der Waals surface area contributed by atoms with Gasteiger partial charge >= 0.3 is 6.09 Å². The van der Waals surface area contributed by atoms with E-state index in [1.807, 2.05) is 0 Å². The SMILES string of the molecule is CCCCOC(=O)N1CCC[C@@H]1CO. The van der Waals surface area contributed by atoms with Crippen LogP contribution in [0.4, 0.5) is 4.79 Å². The van der Waals surface area contributed by atoms with Crippen LogP contribution in [-0.2, 0) is 4.74 Å². The third kappa shape index (κ3) is 2.87. The van der Waals surface area contributed by atoms with Crippen LogP contribution in [0, 0.1) is 0 Å². The first kappa shape index (κ1) is 11.3. The molecular formula is C10H19NO3. The molecule has 4 heteroatoms. The Kier molecular flexibility index (Phi) is 4.73. The van der Waals surface area contributed by atoms with Crippen molar-refractivity contribution >= 4 is 6.09 Å². The van der Waals surface area contributed by atoms with Gasteiger partial charge in [-0.1, -0.05) is 13.3 Å². The van der Waals surface area contributed by atoms with E-state index in [1.54, 1.807) is 4.90 Å². The minimum absolute atomic E-state index is 0.0240. The molecule has 1 fully saturated rings. The van der Waals surface area contributed by atoms with Crippen LogP contribution >= 0.6 is 0 Å². The first-order valence-electron chi connectivity index (χ1n) is 5.33. The Morgan fingerprint density at radius 2 is 2.43 bits per heavy atom. The van der Waals surface area contributed by atoms with Crippen molar-refractivity contribution in [2.45, 2.75) is 38.6 Å². The fourth-order valence-electron chi connectivity index (χ4n) is 1.65. The lowest BCUT2D eigenvalue weighted by atomic mass is 10.2. The van der Waals surface area contributed by atoms with Crippen molar-refractivity contribution in [3.63, 3.8) is 0 Å². The van der Waals surface area contributed by atoms with E-state index in [-0.39, 0.29) is 18.7 Å². The van der Waals surface area contributed by atoms with Gasteiger partial charge in [-0.15, -0.1) is 0 Å². The number of rotatable bonds is 4. The van der Waals surface area contributed by atoms with E-state index in [9.17, 15) is 4.79 Å². The van der Waals surface area contributed by atoms with Crippen molar-refractivity contribution in [2.24, 2.45) is 0 Å². The summed E-state index contributed by atoms with van der Waals surface area (Å²) in [5, 5.41) is 9.01. The fourth-order valence-corrected chi connectivity index (χ4v) is 1.65. The molecule has 1 saturated heterocycles. The van der Waals surface area contributed by atoms with Gasteiger partial charge in [0.25, 0.3) is 0 Å². The largest absolute Gasteiger partial charge is 0.449 e. The lowest BCUT2D eigenvalue weighted by molar-refractivity contribution is 0.0837. The smallest absolute Gasteiger partial charge is 0.410 e. The molecule has 1 rings (SSSR count). The third-order valence-electron chi connectivity index (χ3n) is 2.55. The lowest BCUT2D eigenvalue weighted by Gasteiger charge is -2.22. The summed E-state index contributed by atoms with van der Waals surface area (Å²) in [6.45, 7) is 3.31. The van der Waals surface area contributed by atoms with Crippen LogP contribution in [0.15, 0.2) is 0 Å². The van der Waals surface area contributed by atoms with Crippen LogP contribution in [0.1, 0.15) is 32.6 Å². The van der Waals surface area contributed by atoms with E-state index in [0.29, 0.717) is 6.61 Å². The van der Waals surface area contributed by atoms with Gasteiger partial charge in [-0.2, -0.15) is 0 Å². The molecule has 4 nitrogen and oxygen atoms in total. The number of aliphatic hydroxyl groups excluding tert-OH is 1. The Hall–Kier alpha value is -0.770. The number of carbonyl (C=O) groups is 1. The summed E-state index contributed by atoms with van der Waals surface area (Å²) in [5.41, 5.74) is 0. The van der Waals surface area contributed by atoms with Gasteiger partial charge in [0.2, 0.25) is 0 Å². The number of hydrogen-bond acceptors (Lipinski definition) is 3. The summed E-state index contributed by atoms with van der Waals surface area (Å²) in [7, 11) is 0. The molecule has 0 aromatic carbocycles. The van der Waals surface area contributed by atoms with Crippen molar-refractivity contribution in [1.29, 1.82) is 0 Å². The maximum Gasteiger partial charge on any atom is 0.410 e. The van der Waals surface area contributed by atoms with Gasteiger partial charge in [0, 0.05) is 6.54 Å². The molecule has 82 valence electrons. The lowest BCUT2D eigenvalue weighted by Crippen LogP contribution is -2.38. The molecule has 14 heavy (non-hydrogen) atoms. The molecule has 1 atom stereocenters. The predicted molar refractivity (Wildman–Crippen MR) is 53.1 cm³/mol. The number of aliphatic hydroxyl groups is 1. The highest BCUT2D eigenvalue weighted by Gasteiger charge is 2.28. The van der Waals surface area contributed by atoms with Crippen LogP contribution in [0.2, 0.25) is 0 Å².